The Labute approximate surface area is 212 Å². The number of anilines is 1. The van der Waals surface area contributed by atoms with Crippen LogP contribution in [0.5, 0.6) is 5.75 Å². The van der Waals surface area contributed by atoms with Crippen LogP contribution in [0.1, 0.15) is 57.0 Å². The largest absolute Gasteiger partial charge is 0.481 e. The smallest absolute Gasteiger partial charge is 0.415 e. The molecule has 0 saturated carbocycles. The summed E-state index contributed by atoms with van der Waals surface area (Å²) in [6.07, 6.45) is 1.90. The summed E-state index contributed by atoms with van der Waals surface area (Å²) < 4.78 is 5.51. The van der Waals surface area contributed by atoms with Crippen LogP contribution in [0.15, 0.2) is 42.6 Å². The maximum Gasteiger partial charge on any atom is 0.415 e. The van der Waals surface area contributed by atoms with Gasteiger partial charge in [-0.2, -0.15) is 0 Å². The fourth-order valence-corrected chi connectivity index (χ4v) is 4.59. The predicted octanol–water partition coefficient (Wildman–Crippen LogP) is 3.97. The summed E-state index contributed by atoms with van der Waals surface area (Å²) in [5.74, 6) is 0.0674. The molecule has 1 aliphatic heterocycles. The molecule has 0 unspecified atom stereocenters. The number of pyridine rings is 1. The van der Waals surface area contributed by atoms with E-state index in [0.717, 1.165) is 12.2 Å². The molecular formula is C27H36N4O5. The van der Waals surface area contributed by atoms with Crippen molar-refractivity contribution in [2.45, 2.75) is 53.0 Å². The number of hydrogen-bond donors (Lipinski definition) is 2. The van der Waals surface area contributed by atoms with Gasteiger partial charge in [-0.1, -0.05) is 26.8 Å². The Balaban J connectivity index is 1.49. The van der Waals surface area contributed by atoms with Crippen molar-refractivity contribution >= 4 is 23.8 Å². The molecule has 1 aromatic heterocycles. The van der Waals surface area contributed by atoms with Crippen LogP contribution in [0.4, 0.5) is 10.6 Å². The summed E-state index contributed by atoms with van der Waals surface area (Å²) in [5.41, 5.74) is 0.889. The molecule has 2 amide bonds. The van der Waals surface area contributed by atoms with Gasteiger partial charge in [0.1, 0.15) is 11.6 Å². The Hall–Kier alpha value is -3.62. The number of piperazine rings is 1. The highest BCUT2D eigenvalue weighted by Crippen LogP contribution is 2.27. The normalized spacial score (nSPS) is 14.4. The highest BCUT2D eigenvalue weighted by molar-refractivity contribution is 5.94. The van der Waals surface area contributed by atoms with E-state index in [9.17, 15) is 14.4 Å². The van der Waals surface area contributed by atoms with Crippen molar-refractivity contribution < 1.29 is 24.2 Å². The monoisotopic (exact) mass is 496 g/mol. The van der Waals surface area contributed by atoms with Crippen molar-refractivity contribution in [1.82, 2.24) is 15.2 Å². The molecule has 0 aliphatic carbocycles. The van der Waals surface area contributed by atoms with Gasteiger partial charge in [0, 0.05) is 43.5 Å². The van der Waals surface area contributed by atoms with Crippen LogP contribution in [0, 0.1) is 5.41 Å². The topological polar surface area (TPSA) is 112 Å². The van der Waals surface area contributed by atoms with Crippen molar-refractivity contribution in [1.29, 1.82) is 0 Å². The summed E-state index contributed by atoms with van der Waals surface area (Å²) in [6, 6.07) is 10.1. The molecule has 2 aromatic rings. The summed E-state index contributed by atoms with van der Waals surface area (Å²) in [6.45, 7) is 12.6. The summed E-state index contributed by atoms with van der Waals surface area (Å²) >= 11 is 0. The number of carboxylic acid groups (broad SMARTS) is 1. The SMILES string of the molecule is CC(C)(C)CC(C)(C)NC(=O)c1ccc(OC(=O)N2CCN(c3ccc(CC(=O)O)cn3)CC2)cc1. The van der Waals surface area contributed by atoms with Gasteiger partial charge in [-0.3, -0.25) is 9.59 Å². The molecule has 9 heteroatoms. The van der Waals surface area contributed by atoms with E-state index in [1.165, 1.54) is 0 Å². The highest BCUT2D eigenvalue weighted by atomic mass is 16.6. The molecule has 2 N–H and O–H groups in total. The summed E-state index contributed by atoms with van der Waals surface area (Å²) in [7, 11) is 0. The van der Waals surface area contributed by atoms with Crippen LogP contribution < -0.4 is 15.0 Å². The molecule has 36 heavy (non-hydrogen) atoms. The lowest BCUT2D eigenvalue weighted by molar-refractivity contribution is -0.136. The first-order chi connectivity index (χ1) is 16.8. The van der Waals surface area contributed by atoms with Gasteiger partial charge in [0.25, 0.3) is 5.91 Å². The van der Waals surface area contributed by atoms with Gasteiger partial charge < -0.3 is 25.0 Å². The van der Waals surface area contributed by atoms with E-state index in [-0.39, 0.29) is 23.3 Å². The van der Waals surface area contributed by atoms with Crippen molar-refractivity contribution in [3.05, 3.63) is 53.7 Å². The van der Waals surface area contributed by atoms with Crippen molar-refractivity contribution in [3.8, 4) is 5.75 Å². The van der Waals surface area contributed by atoms with E-state index in [2.05, 4.69) is 31.1 Å². The molecule has 3 rings (SSSR count). The van der Waals surface area contributed by atoms with Gasteiger partial charge in [-0.05, 0) is 61.6 Å². The predicted molar refractivity (Wildman–Crippen MR) is 137 cm³/mol. The molecule has 1 fully saturated rings. The van der Waals surface area contributed by atoms with Gasteiger partial charge in [0.05, 0.1) is 6.42 Å². The Bertz CT molecular complexity index is 1070. The molecule has 1 aromatic carbocycles. The van der Waals surface area contributed by atoms with Crippen LogP contribution in [0.2, 0.25) is 0 Å². The molecular weight excluding hydrogens is 460 g/mol. The third-order valence-electron chi connectivity index (χ3n) is 5.77. The first-order valence-corrected chi connectivity index (χ1v) is 12.1. The molecule has 1 aliphatic rings. The van der Waals surface area contributed by atoms with E-state index in [1.54, 1.807) is 47.5 Å². The van der Waals surface area contributed by atoms with Gasteiger partial charge in [0.15, 0.2) is 0 Å². The van der Waals surface area contributed by atoms with E-state index >= 15 is 0 Å². The number of benzene rings is 1. The Morgan fingerprint density at radius 2 is 1.61 bits per heavy atom. The number of hydrogen-bond acceptors (Lipinski definition) is 6. The second-order valence-electron chi connectivity index (χ2n) is 11.0. The fourth-order valence-electron chi connectivity index (χ4n) is 4.59. The molecule has 0 spiro atoms. The molecule has 9 nitrogen and oxygen atoms in total. The maximum absolute atomic E-state index is 12.7. The molecule has 1 saturated heterocycles. The standard InChI is InChI=1S/C27H36N4O5/c1-26(2,3)18-27(4,5)29-24(34)20-7-9-21(10-8-20)36-25(35)31-14-12-30(13-15-31)22-11-6-19(17-28-22)16-23(32)33/h6-11,17H,12-16,18H2,1-5H3,(H,29,34)(H,32,33). The van der Waals surface area contributed by atoms with E-state index in [0.29, 0.717) is 43.1 Å². The number of nitrogens with one attached hydrogen (secondary N) is 1. The number of carbonyl (C=O) groups excluding carboxylic acids is 2. The number of aromatic nitrogens is 1. The van der Waals surface area contributed by atoms with Gasteiger partial charge >= 0.3 is 12.1 Å². The molecule has 194 valence electrons. The number of rotatable bonds is 7. The Morgan fingerprint density at radius 3 is 2.14 bits per heavy atom. The highest BCUT2D eigenvalue weighted by Gasteiger charge is 2.28. The minimum absolute atomic E-state index is 0.0618. The minimum Gasteiger partial charge on any atom is -0.481 e. The van der Waals surface area contributed by atoms with Crippen LogP contribution in [0.25, 0.3) is 0 Å². The molecule has 0 radical (unpaired) electrons. The zero-order valence-electron chi connectivity index (χ0n) is 21.7. The maximum atomic E-state index is 12.7. The van der Waals surface area contributed by atoms with E-state index in [1.807, 2.05) is 18.7 Å². The quantitative estimate of drug-likeness (QED) is 0.596. The zero-order chi connectivity index (χ0) is 26.5. The molecule has 2 heterocycles. The van der Waals surface area contributed by atoms with Crippen LogP contribution in [-0.2, 0) is 11.2 Å². The van der Waals surface area contributed by atoms with Crippen LogP contribution in [0.3, 0.4) is 0 Å². The van der Waals surface area contributed by atoms with Crippen molar-refractivity contribution in [3.63, 3.8) is 0 Å². The number of carboxylic acids is 1. The second kappa shape index (κ2) is 11.0. The van der Waals surface area contributed by atoms with Gasteiger partial charge in [0.2, 0.25) is 0 Å². The van der Waals surface area contributed by atoms with Gasteiger partial charge in [-0.15, -0.1) is 0 Å². The Morgan fingerprint density at radius 1 is 0.972 bits per heavy atom. The minimum atomic E-state index is -0.894. The van der Waals surface area contributed by atoms with E-state index < -0.39 is 12.1 Å². The summed E-state index contributed by atoms with van der Waals surface area (Å²) in [5, 5.41) is 12.0. The first-order valence-electron chi connectivity index (χ1n) is 12.1. The number of ether oxygens (including phenoxy) is 1. The Kier molecular flexibility index (Phi) is 8.22. The summed E-state index contributed by atoms with van der Waals surface area (Å²) in [4.78, 5) is 44.2. The molecule has 0 atom stereocenters. The first kappa shape index (κ1) is 27.0. The third kappa shape index (κ3) is 7.96. The molecule has 0 bridgehead atoms. The van der Waals surface area contributed by atoms with Crippen molar-refractivity contribution in [2.75, 3.05) is 31.1 Å². The average Bonchev–Trinajstić information content (AvgIpc) is 2.78. The number of aliphatic carboxylic acids is 1. The van der Waals surface area contributed by atoms with Crippen molar-refractivity contribution in [2.24, 2.45) is 5.41 Å². The zero-order valence-corrected chi connectivity index (χ0v) is 21.7. The van der Waals surface area contributed by atoms with Crippen LogP contribution in [-0.4, -0.2) is 64.7 Å². The van der Waals surface area contributed by atoms with E-state index in [4.69, 9.17) is 9.84 Å². The van der Waals surface area contributed by atoms with Gasteiger partial charge in [-0.25, -0.2) is 9.78 Å². The second-order valence-corrected chi connectivity index (χ2v) is 11.0. The number of carbonyl (C=O) groups is 3. The average molecular weight is 497 g/mol. The lowest BCUT2D eigenvalue weighted by Crippen LogP contribution is -2.49. The van der Waals surface area contributed by atoms with Crippen LogP contribution >= 0.6 is 0 Å². The third-order valence-corrected chi connectivity index (χ3v) is 5.77. The lowest BCUT2D eigenvalue weighted by Gasteiger charge is -2.34. The fraction of sp³-hybridized carbons (Fsp3) is 0.481. The number of nitrogens with zero attached hydrogens (tertiary/aromatic N) is 3. The lowest BCUT2D eigenvalue weighted by atomic mass is 9.81. The number of amides is 2.